The molecule has 2 aromatic carbocycles. The molecule has 0 N–H and O–H groups in total. The van der Waals surface area contributed by atoms with Crippen molar-refractivity contribution in [2.75, 3.05) is 6.61 Å². The molecule has 0 bridgehead atoms. The quantitative estimate of drug-likeness (QED) is 0.471. The predicted octanol–water partition coefficient (Wildman–Crippen LogP) is 5.25. The van der Waals surface area contributed by atoms with Crippen LogP contribution in [-0.2, 0) is 0 Å². The van der Waals surface area contributed by atoms with E-state index in [0.29, 0.717) is 17.4 Å². The highest BCUT2D eigenvalue weighted by molar-refractivity contribution is 5.68. The molecule has 4 aromatic rings. The van der Waals surface area contributed by atoms with Crippen LogP contribution in [-0.4, -0.2) is 21.7 Å². The van der Waals surface area contributed by atoms with Crippen molar-refractivity contribution in [2.45, 2.75) is 13.3 Å². The minimum absolute atomic E-state index is 0.477. The zero-order chi connectivity index (χ0) is 18.5. The lowest BCUT2D eigenvalue weighted by Crippen LogP contribution is -1.94. The number of aromatic nitrogens is 3. The molecule has 0 aliphatic carbocycles. The molecule has 0 aliphatic rings. The smallest absolute Gasteiger partial charge is 0.258 e. The first-order chi connectivity index (χ1) is 13.3. The summed E-state index contributed by atoms with van der Waals surface area (Å²) in [5.74, 6) is 1.85. The van der Waals surface area contributed by atoms with E-state index in [1.807, 2.05) is 54.6 Å². The lowest BCUT2D eigenvalue weighted by atomic mass is 10.0. The van der Waals surface area contributed by atoms with E-state index in [1.54, 1.807) is 6.20 Å². The molecule has 0 spiro atoms. The van der Waals surface area contributed by atoms with Crippen LogP contribution in [0, 0.1) is 0 Å². The number of hydrogen-bond acceptors (Lipinski definition) is 5. The van der Waals surface area contributed by atoms with Crippen molar-refractivity contribution in [3.8, 4) is 39.8 Å². The molecular weight excluding hydrogens is 338 g/mol. The maximum Gasteiger partial charge on any atom is 0.258 e. The Hall–Kier alpha value is -3.47. The molecule has 2 heterocycles. The van der Waals surface area contributed by atoms with Gasteiger partial charge in [-0.3, -0.25) is 4.98 Å². The molecule has 134 valence electrons. The second-order valence-corrected chi connectivity index (χ2v) is 6.09. The number of ether oxygens (including phenoxy) is 1. The van der Waals surface area contributed by atoms with E-state index < -0.39 is 0 Å². The molecule has 2 aromatic heterocycles. The van der Waals surface area contributed by atoms with Crippen LogP contribution in [0.4, 0.5) is 0 Å². The van der Waals surface area contributed by atoms with Gasteiger partial charge in [-0.2, -0.15) is 4.98 Å². The van der Waals surface area contributed by atoms with Gasteiger partial charge >= 0.3 is 0 Å². The summed E-state index contributed by atoms with van der Waals surface area (Å²) in [4.78, 5) is 8.68. The molecule has 5 heteroatoms. The number of rotatable bonds is 6. The minimum atomic E-state index is 0.477. The van der Waals surface area contributed by atoms with Crippen molar-refractivity contribution >= 4 is 0 Å². The van der Waals surface area contributed by atoms with Gasteiger partial charge < -0.3 is 9.26 Å². The molecular formula is C22H19N3O2. The van der Waals surface area contributed by atoms with Gasteiger partial charge in [0, 0.05) is 11.8 Å². The molecule has 0 saturated heterocycles. The van der Waals surface area contributed by atoms with Gasteiger partial charge in [-0.25, -0.2) is 0 Å². The summed E-state index contributed by atoms with van der Waals surface area (Å²) in [5, 5.41) is 4.02. The summed E-state index contributed by atoms with van der Waals surface area (Å²) >= 11 is 0. The van der Waals surface area contributed by atoms with Crippen molar-refractivity contribution in [1.82, 2.24) is 15.1 Å². The van der Waals surface area contributed by atoms with E-state index in [-0.39, 0.29) is 0 Å². The van der Waals surface area contributed by atoms with Crippen molar-refractivity contribution < 1.29 is 9.26 Å². The first-order valence-electron chi connectivity index (χ1n) is 8.92. The zero-order valence-electron chi connectivity index (χ0n) is 15.0. The van der Waals surface area contributed by atoms with Crippen LogP contribution in [0.5, 0.6) is 5.75 Å². The standard InChI is InChI=1S/C22H19N3O2/c1-2-15-26-19-12-10-17(11-13-19)16-6-8-18(9-7-16)22-24-21(25-27-22)20-5-3-4-14-23-20/h3-14H,2,15H2,1H3. The monoisotopic (exact) mass is 357 g/mol. The van der Waals surface area contributed by atoms with Gasteiger partial charge in [0.1, 0.15) is 11.4 Å². The summed E-state index contributed by atoms with van der Waals surface area (Å²) in [6, 6.07) is 21.8. The van der Waals surface area contributed by atoms with Crippen LogP contribution < -0.4 is 4.74 Å². The number of benzene rings is 2. The maximum absolute atomic E-state index is 5.63. The van der Waals surface area contributed by atoms with Crippen molar-refractivity contribution in [1.29, 1.82) is 0 Å². The van der Waals surface area contributed by atoms with Crippen LogP contribution in [0.2, 0.25) is 0 Å². The molecule has 0 amide bonds. The number of hydrogen-bond donors (Lipinski definition) is 0. The van der Waals surface area contributed by atoms with E-state index in [1.165, 1.54) is 0 Å². The highest BCUT2D eigenvalue weighted by atomic mass is 16.5. The molecule has 27 heavy (non-hydrogen) atoms. The fourth-order valence-corrected chi connectivity index (χ4v) is 2.71. The lowest BCUT2D eigenvalue weighted by molar-refractivity contribution is 0.317. The minimum Gasteiger partial charge on any atom is -0.494 e. The summed E-state index contributed by atoms with van der Waals surface area (Å²) in [5.41, 5.74) is 3.81. The van der Waals surface area contributed by atoms with E-state index in [0.717, 1.165) is 35.5 Å². The third-order valence-corrected chi connectivity index (χ3v) is 4.11. The molecule has 4 rings (SSSR count). The van der Waals surface area contributed by atoms with Gasteiger partial charge in [0.2, 0.25) is 5.82 Å². The Labute approximate surface area is 157 Å². The van der Waals surface area contributed by atoms with Gasteiger partial charge in [0.25, 0.3) is 5.89 Å². The summed E-state index contributed by atoms with van der Waals surface area (Å²) in [6.07, 6.45) is 2.71. The number of nitrogens with zero attached hydrogens (tertiary/aromatic N) is 3. The van der Waals surface area contributed by atoms with Gasteiger partial charge in [0.05, 0.1) is 6.61 Å². The van der Waals surface area contributed by atoms with Crippen molar-refractivity contribution in [2.24, 2.45) is 0 Å². The molecule has 0 atom stereocenters. The Morgan fingerprint density at radius 1 is 0.852 bits per heavy atom. The lowest BCUT2D eigenvalue weighted by Gasteiger charge is -2.06. The summed E-state index contributed by atoms with van der Waals surface area (Å²) in [6.45, 7) is 2.83. The Morgan fingerprint density at radius 2 is 1.56 bits per heavy atom. The highest BCUT2D eigenvalue weighted by Gasteiger charge is 2.11. The highest BCUT2D eigenvalue weighted by Crippen LogP contribution is 2.26. The van der Waals surface area contributed by atoms with Gasteiger partial charge in [-0.15, -0.1) is 0 Å². The predicted molar refractivity (Wildman–Crippen MR) is 104 cm³/mol. The average molecular weight is 357 g/mol. The fourth-order valence-electron chi connectivity index (χ4n) is 2.71. The van der Waals surface area contributed by atoms with Gasteiger partial charge in [-0.1, -0.05) is 42.4 Å². The Bertz CT molecular complexity index is 994. The van der Waals surface area contributed by atoms with Crippen LogP contribution in [0.3, 0.4) is 0 Å². The number of pyridine rings is 1. The maximum atomic E-state index is 5.63. The molecule has 0 saturated carbocycles. The summed E-state index contributed by atoms with van der Waals surface area (Å²) in [7, 11) is 0. The molecule has 0 radical (unpaired) electrons. The summed E-state index contributed by atoms with van der Waals surface area (Å²) < 4.78 is 11.0. The zero-order valence-corrected chi connectivity index (χ0v) is 15.0. The Balaban J connectivity index is 1.52. The second kappa shape index (κ2) is 7.83. The van der Waals surface area contributed by atoms with E-state index in [9.17, 15) is 0 Å². The van der Waals surface area contributed by atoms with Crippen molar-refractivity contribution in [3.63, 3.8) is 0 Å². The third kappa shape index (κ3) is 3.87. The first kappa shape index (κ1) is 17.0. The Kier molecular flexibility index (Phi) is 4.92. The molecule has 0 fully saturated rings. The average Bonchev–Trinajstić information content (AvgIpc) is 3.24. The van der Waals surface area contributed by atoms with Crippen LogP contribution >= 0.6 is 0 Å². The SMILES string of the molecule is CCCOc1ccc(-c2ccc(-c3nc(-c4ccccn4)no3)cc2)cc1. The molecule has 0 aliphatic heterocycles. The van der Waals surface area contributed by atoms with Crippen LogP contribution in [0.1, 0.15) is 13.3 Å². The van der Waals surface area contributed by atoms with E-state index in [2.05, 4.69) is 34.2 Å². The van der Waals surface area contributed by atoms with E-state index in [4.69, 9.17) is 9.26 Å². The fraction of sp³-hybridized carbons (Fsp3) is 0.136. The van der Waals surface area contributed by atoms with E-state index >= 15 is 0 Å². The van der Waals surface area contributed by atoms with Crippen LogP contribution in [0.15, 0.2) is 77.4 Å². The topological polar surface area (TPSA) is 61.0 Å². The van der Waals surface area contributed by atoms with Gasteiger partial charge in [0.15, 0.2) is 0 Å². The first-order valence-corrected chi connectivity index (χ1v) is 8.92. The van der Waals surface area contributed by atoms with Crippen molar-refractivity contribution in [3.05, 3.63) is 72.9 Å². The van der Waals surface area contributed by atoms with Crippen LogP contribution in [0.25, 0.3) is 34.1 Å². The Morgan fingerprint density at radius 3 is 2.22 bits per heavy atom. The normalized spacial score (nSPS) is 10.7. The van der Waals surface area contributed by atoms with Gasteiger partial charge in [-0.05, 0) is 53.9 Å². The molecule has 0 unspecified atom stereocenters. The second-order valence-electron chi connectivity index (χ2n) is 6.09. The largest absolute Gasteiger partial charge is 0.494 e. The third-order valence-electron chi connectivity index (χ3n) is 4.11. The molecule has 5 nitrogen and oxygen atoms in total.